The lowest BCUT2D eigenvalue weighted by Gasteiger charge is -2.39. The number of hydrogen-bond donors (Lipinski definition) is 8. The zero-order valence-electron chi connectivity index (χ0n) is 32.5. The number of fused-ring (bicyclic) bond motifs is 1. The lowest BCUT2D eigenvalue weighted by atomic mass is 9.71. The zero-order valence-corrected chi connectivity index (χ0v) is 32.5. The smallest absolute Gasteiger partial charge is 0.229 e. The number of rotatable bonds is 12. The molecule has 4 heterocycles. The fourth-order valence-electron chi connectivity index (χ4n) is 8.40. The van der Waals surface area contributed by atoms with Crippen molar-refractivity contribution in [1.82, 2.24) is 0 Å². The maximum atomic E-state index is 10.7. The van der Waals surface area contributed by atoms with Gasteiger partial charge in [-0.05, 0) is 63.1 Å². The van der Waals surface area contributed by atoms with Crippen LogP contribution in [0.25, 0.3) is 0 Å². The van der Waals surface area contributed by atoms with Crippen LogP contribution >= 0.6 is 0 Å². The minimum Gasteiger partial charge on any atom is -0.493 e. The van der Waals surface area contributed by atoms with Crippen molar-refractivity contribution >= 4 is 0 Å². The molecule has 18 heteroatoms. The molecular weight excluding hydrogens is 744 g/mol. The van der Waals surface area contributed by atoms with E-state index in [9.17, 15) is 40.9 Å². The summed E-state index contributed by atoms with van der Waals surface area (Å²) in [6, 6.07) is 6.86. The predicted molar refractivity (Wildman–Crippen MR) is 191 cm³/mol. The van der Waals surface area contributed by atoms with Crippen molar-refractivity contribution in [2.24, 2.45) is 11.8 Å². The maximum absolute atomic E-state index is 10.7. The van der Waals surface area contributed by atoms with Crippen molar-refractivity contribution in [1.29, 1.82) is 0 Å². The summed E-state index contributed by atoms with van der Waals surface area (Å²) in [7, 11) is 5.69. The molecule has 0 amide bonds. The van der Waals surface area contributed by atoms with Crippen LogP contribution in [0.4, 0.5) is 0 Å². The van der Waals surface area contributed by atoms with E-state index in [1.165, 1.54) is 28.4 Å². The van der Waals surface area contributed by atoms with Gasteiger partial charge < -0.3 is 88.2 Å². The molecule has 56 heavy (non-hydrogen) atoms. The summed E-state index contributed by atoms with van der Waals surface area (Å²) in [6.45, 7) is 6.62. The molecule has 18 nitrogen and oxygen atoms in total. The zero-order chi connectivity index (χ0) is 41.0. The monoisotopic (exact) mass is 798 g/mol. The van der Waals surface area contributed by atoms with Gasteiger partial charge in [0.05, 0.1) is 65.1 Å². The van der Waals surface area contributed by atoms with Crippen LogP contribution in [0.3, 0.4) is 0 Å². The van der Waals surface area contributed by atoms with Crippen molar-refractivity contribution in [3.05, 3.63) is 35.4 Å². The first-order valence-electron chi connectivity index (χ1n) is 18.3. The molecule has 6 rings (SSSR count). The third-order valence-corrected chi connectivity index (χ3v) is 11.3. The Morgan fingerprint density at radius 2 is 0.804 bits per heavy atom. The molecule has 2 aromatic rings. The second-order valence-electron chi connectivity index (χ2n) is 15.5. The van der Waals surface area contributed by atoms with Gasteiger partial charge in [0.1, 0.15) is 48.8 Å². The first-order valence-corrected chi connectivity index (χ1v) is 18.3. The van der Waals surface area contributed by atoms with Crippen LogP contribution < -0.4 is 28.4 Å². The van der Waals surface area contributed by atoms with Crippen LogP contribution in [0.2, 0.25) is 0 Å². The first-order chi connectivity index (χ1) is 26.5. The van der Waals surface area contributed by atoms with Gasteiger partial charge in [-0.3, -0.25) is 0 Å². The Morgan fingerprint density at radius 1 is 0.500 bits per heavy atom. The molecule has 4 aliphatic heterocycles. The fourth-order valence-corrected chi connectivity index (χ4v) is 8.40. The van der Waals surface area contributed by atoms with Gasteiger partial charge in [0.15, 0.2) is 23.0 Å². The van der Waals surface area contributed by atoms with Gasteiger partial charge >= 0.3 is 0 Å². The molecule has 0 radical (unpaired) electrons. The maximum Gasteiger partial charge on any atom is 0.229 e. The molecule has 14 unspecified atom stereocenters. The molecule has 0 spiro atoms. The Kier molecular flexibility index (Phi) is 12.2. The minimum atomic E-state index is -1.67. The van der Waals surface area contributed by atoms with Crippen molar-refractivity contribution in [2.75, 3.05) is 41.7 Å². The summed E-state index contributed by atoms with van der Waals surface area (Å²) < 4.78 is 59.7. The summed E-state index contributed by atoms with van der Waals surface area (Å²) in [4.78, 5) is 0. The Bertz CT molecular complexity index is 1510. The van der Waals surface area contributed by atoms with Crippen LogP contribution in [-0.4, -0.2) is 155 Å². The molecule has 8 N–H and O–H groups in total. The van der Waals surface area contributed by atoms with Crippen molar-refractivity contribution in [2.45, 2.75) is 113 Å². The largest absolute Gasteiger partial charge is 0.493 e. The van der Waals surface area contributed by atoms with E-state index in [1.54, 1.807) is 24.3 Å². The van der Waals surface area contributed by atoms with Gasteiger partial charge in [0.25, 0.3) is 0 Å². The molecular formula is C38H54O18. The summed E-state index contributed by atoms with van der Waals surface area (Å²) in [6.07, 6.45) is -16.3. The van der Waals surface area contributed by atoms with E-state index >= 15 is 0 Å². The molecule has 14 atom stereocenters. The second-order valence-corrected chi connectivity index (χ2v) is 15.5. The highest BCUT2D eigenvalue weighted by atomic mass is 16.7. The van der Waals surface area contributed by atoms with Gasteiger partial charge in [-0.2, -0.15) is 0 Å². The highest BCUT2D eigenvalue weighted by Gasteiger charge is 2.64. The second kappa shape index (κ2) is 16.2. The lowest BCUT2D eigenvalue weighted by molar-refractivity contribution is -0.277. The summed E-state index contributed by atoms with van der Waals surface area (Å²) in [5, 5.41) is 81.8. The Balaban J connectivity index is 1.32. The van der Waals surface area contributed by atoms with E-state index in [2.05, 4.69) is 0 Å². The third-order valence-electron chi connectivity index (χ3n) is 11.3. The van der Waals surface area contributed by atoms with Gasteiger partial charge in [0, 0.05) is 11.8 Å². The van der Waals surface area contributed by atoms with Crippen molar-refractivity contribution < 1.29 is 88.2 Å². The molecule has 4 aliphatic rings. The number of methoxy groups -OCH3 is 4. The van der Waals surface area contributed by atoms with Crippen molar-refractivity contribution in [3.8, 4) is 34.5 Å². The average Bonchev–Trinajstić information content (AvgIpc) is 3.65. The molecule has 4 saturated heterocycles. The SMILES string of the molecule is COc1cc(C2OC(C)(C)C3C(c4cc(OC)c(OC5OC(CO)C(O)C(O)C5O)c(OC)c4)OC(C)(C)C23)cc(OC)c1OC1OC(CO)C(O)C(O)C1O. The average molecular weight is 799 g/mol. The molecule has 0 aromatic heterocycles. The van der Waals surface area contributed by atoms with Crippen LogP contribution in [0.1, 0.15) is 51.0 Å². The predicted octanol–water partition coefficient (Wildman–Crippen LogP) is -0.289. The van der Waals surface area contributed by atoms with Gasteiger partial charge in [0.2, 0.25) is 24.1 Å². The van der Waals surface area contributed by atoms with E-state index in [-0.39, 0.29) is 46.3 Å². The van der Waals surface area contributed by atoms with Crippen molar-refractivity contribution in [3.63, 3.8) is 0 Å². The normalized spacial score (nSPS) is 37.4. The number of aliphatic hydroxyl groups excluding tert-OH is 8. The quantitative estimate of drug-likeness (QED) is 0.137. The van der Waals surface area contributed by atoms with E-state index in [1.807, 2.05) is 27.7 Å². The summed E-state index contributed by atoms with van der Waals surface area (Å²) in [5.74, 6) is 0.326. The summed E-state index contributed by atoms with van der Waals surface area (Å²) in [5.41, 5.74) is -0.246. The topological polar surface area (TPSA) is 254 Å². The van der Waals surface area contributed by atoms with Gasteiger partial charge in [-0.25, -0.2) is 0 Å². The molecule has 0 aliphatic carbocycles. The van der Waals surface area contributed by atoms with Crippen LogP contribution in [0.15, 0.2) is 24.3 Å². The molecule has 0 saturated carbocycles. The number of hydrogen-bond acceptors (Lipinski definition) is 18. The highest BCUT2D eigenvalue weighted by Crippen LogP contribution is 2.64. The molecule has 0 bridgehead atoms. The fraction of sp³-hybridized carbons (Fsp3) is 0.684. The third kappa shape index (κ3) is 7.35. The highest BCUT2D eigenvalue weighted by molar-refractivity contribution is 5.56. The van der Waals surface area contributed by atoms with E-state index < -0.39 is 98.0 Å². The molecule has 314 valence electrons. The van der Waals surface area contributed by atoms with Crippen LogP contribution in [0.5, 0.6) is 34.5 Å². The van der Waals surface area contributed by atoms with E-state index in [0.29, 0.717) is 11.1 Å². The van der Waals surface area contributed by atoms with Crippen LogP contribution in [-0.2, 0) is 18.9 Å². The van der Waals surface area contributed by atoms with Gasteiger partial charge in [-0.1, -0.05) is 0 Å². The van der Waals surface area contributed by atoms with Gasteiger partial charge in [-0.15, -0.1) is 0 Å². The molecule has 2 aromatic carbocycles. The molecule has 4 fully saturated rings. The van der Waals surface area contributed by atoms with E-state index in [0.717, 1.165) is 0 Å². The first kappa shape index (κ1) is 42.4. The van der Waals surface area contributed by atoms with E-state index in [4.69, 9.17) is 47.4 Å². The summed E-state index contributed by atoms with van der Waals surface area (Å²) >= 11 is 0. The number of aliphatic hydroxyl groups is 8. The Hall–Kier alpha value is -3.24. The van der Waals surface area contributed by atoms with Crippen LogP contribution in [0, 0.1) is 11.8 Å². The Labute approximate surface area is 323 Å². The number of benzene rings is 2. The minimum absolute atomic E-state index is 0.0434. The standard InChI is InChI=1S/C38H54O18/c1-37(2)23-24(32(55-37)16-11-19(49-7)34(20(12-16)50-8)54-36-30(46)28(44)26(42)22(14-40)52-36)38(3,4)56-31(23)15-9-17(47-5)33(18(10-15)48-6)53-35-29(45)27(43)25(41)21(13-39)51-35/h9-12,21-32,35-36,39-46H,13-14H2,1-8H3. The lowest BCUT2D eigenvalue weighted by Crippen LogP contribution is -2.60. The Morgan fingerprint density at radius 3 is 1.07 bits per heavy atom. The number of ether oxygens (including phenoxy) is 10.